The van der Waals surface area contributed by atoms with Gasteiger partial charge in [0.25, 0.3) is 0 Å². The van der Waals surface area contributed by atoms with Gasteiger partial charge >= 0.3 is 0 Å². The van der Waals surface area contributed by atoms with Crippen molar-refractivity contribution in [3.05, 3.63) is 30.1 Å². The molecule has 2 rings (SSSR count). The number of rotatable bonds is 8. The van der Waals surface area contributed by atoms with Gasteiger partial charge < -0.3 is 15.6 Å². The number of nitrogens with two attached hydrogens (primary N) is 1. The number of thioether (sulfide) groups is 1. The number of hydrogen-bond donors (Lipinski definition) is 2. The fraction of sp³-hybridized carbons (Fsp3) is 0.529. The monoisotopic (exact) mass is 334 g/mol. The molecule has 5 nitrogen and oxygen atoms in total. The molecule has 0 aliphatic rings. The van der Waals surface area contributed by atoms with Crippen LogP contribution in [0, 0.1) is 0 Å². The molecule has 0 spiro atoms. The number of amides is 1. The second kappa shape index (κ2) is 7.84. The van der Waals surface area contributed by atoms with Crippen LogP contribution in [-0.2, 0) is 17.1 Å². The molecule has 1 aromatic carbocycles. The molecule has 1 aromatic heterocycles. The summed E-state index contributed by atoms with van der Waals surface area (Å²) in [6.45, 7) is 4.84. The molecule has 0 aliphatic heterocycles. The second-order valence-electron chi connectivity index (χ2n) is 5.78. The Labute approximate surface area is 142 Å². The summed E-state index contributed by atoms with van der Waals surface area (Å²) >= 11 is 1.70. The largest absolute Gasteiger partial charge is 0.348 e. The fourth-order valence-corrected chi connectivity index (χ4v) is 3.27. The lowest BCUT2D eigenvalue weighted by Crippen LogP contribution is -2.53. The van der Waals surface area contributed by atoms with E-state index >= 15 is 0 Å². The predicted molar refractivity (Wildman–Crippen MR) is 97.5 cm³/mol. The molecule has 126 valence electrons. The number of carbonyl (C=O) groups excluding carboxylic acids is 1. The van der Waals surface area contributed by atoms with Gasteiger partial charge in [-0.05, 0) is 31.2 Å². The number of carbonyl (C=O) groups is 1. The van der Waals surface area contributed by atoms with E-state index in [0.717, 1.165) is 35.5 Å². The van der Waals surface area contributed by atoms with Gasteiger partial charge in [-0.1, -0.05) is 26.0 Å². The number of aromatic nitrogens is 2. The number of nitrogens with zero attached hydrogens (tertiary/aromatic N) is 2. The van der Waals surface area contributed by atoms with Crippen LogP contribution in [-0.4, -0.2) is 33.8 Å². The van der Waals surface area contributed by atoms with Gasteiger partial charge in [0.05, 0.1) is 22.3 Å². The van der Waals surface area contributed by atoms with Crippen LogP contribution < -0.4 is 11.1 Å². The number of para-hydroxylation sites is 2. The minimum Gasteiger partial charge on any atom is -0.348 e. The maximum atomic E-state index is 12.6. The van der Waals surface area contributed by atoms with Crippen molar-refractivity contribution in [3.8, 4) is 0 Å². The van der Waals surface area contributed by atoms with E-state index in [9.17, 15) is 4.79 Å². The molecule has 0 aliphatic carbocycles. The second-order valence-corrected chi connectivity index (χ2v) is 6.64. The Morgan fingerprint density at radius 1 is 1.35 bits per heavy atom. The molecule has 23 heavy (non-hydrogen) atoms. The van der Waals surface area contributed by atoms with E-state index < -0.39 is 0 Å². The molecule has 1 amide bonds. The van der Waals surface area contributed by atoms with Crippen molar-refractivity contribution in [3.63, 3.8) is 0 Å². The summed E-state index contributed by atoms with van der Waals surface area (Å²) in [6.07, 6.45) is 3.69. The van der Waals surface area contributed by atoms with Gasteiger partial charge in [-0.25, -0.2) is 4.98 Å². The third-order valence-electron chi connectivity index (χ3n) is 4.46. The van der Waals surface area contributed by atoms with Gasteiger partial charge in [0.15, 0.2) is 0 Å². The Morgan fingerprint density at radius 3 is 2.65 bits per heavy atom. The maximum absolute atomic E-state index is 12.6. The molecule has 2 aromatic rings. The number of nitrogens with one attached hydrogen (secondary N) is 1. The highest BCUT2D eigenvalue weighted by Gasteiger charge is 2.26. The van der Waals surface area contributed by atoms with Crippen LogP contribution in [0.1, 0.15) is 32.5 Å². The van der Waals surface area contributed by atoms with E-state index in [1.807, 2.05) is 35.1 Å². The number of benzene rings is 1. The predicted octanol–water partition coefficient (Wildman–Crippen LogP) is 2.53. The molecule has 0 fully saturated rings. The summed E-state index contributed by atoms with van der Waals surface area (Å²) in [5, 5.41) is 3.13. The Kier molecular flexibility index (Phi) is 6.07. The van der Waals surface area contributed by atoms with E-state index in [1.165, 1.54) is 0 Å². The average Bonchev–Trinajstić information content (AvgIpc) is 2.91. The zero-order valence-electron chi connectivity index (χ0n) is 14.1. The van der Waals surface area contributed by atoms with Crippen molar-refractivity contribution in [2.45, 2.75) is 44.5 Å². The SMILES string of the molecule is CCC(CC)(CN)NC(=O)Cn1c(CSC)nc2ccccc21. The number of hydrogen-bond acceptors (Lipinski definition) is 4. The molecule has 0 saturated heterocycles. The highest BCUT2D eigenvalue weighted by Crippen LogP contribution is 2.19. The average molecular weight is 334 g/mol. The number of imidazole rings is 1. The Morgan fingerprint density at radius 2 is 2.04 bits per heavy atom. The van der Waals surface area contributed by atoms with E-state index in [4.69, 9.17) is 5.73 Å². The Balaban J connectivity index is 2.26. The summed E-state index contributed by atoms with van der Waals surface area (Å²) in [6, 6.07) is 7.94. The molecule has 0 unspecified atom stereocenters. The first kappa shape index (κ1) is 17.8. The van der Waals surface area contributed by atoms with Gasteiger partial charge in [0.1, 0.15) is 12.4 Å². The first-order valence-corrected chi connectivity index (χ1v) is 9.42. The smallest absolute Gasteiger partial charge is 0.240 e. The van der Waals surface area contributed by atoms with Crippen LogP contribution in [0.5, 0.6) is 0 Å². The summed E-state index contributed by atoms with van der Waals surface area (Å²) in [5.74, 6) is 1.70. The van der Waals surface area contributed by atoms with Crippen LogP contribution in [0.4, 0.5) is 0 Å². The minimum absolute atomic E-state index is 0.00958. The van der Waals surface area contributed by atoms with E-state index in [-0.39, 0.29) is 18.0 Å². The molecule has 0 atom stereocenters. The topological polar surface area (TPSA) is 72.9 Å². The lowest BCUT2D eigenvalue weighted by atomic mass is 9.93. The molecule has 6 heteroatoms. The van der Waals surface area contributed by atoms with Gasteiger partial charge in [0, 0.05) is 6.54 Å². The van der Waals surface area contributed by atoms with Crippen molar-refractivity contribution in [1.82, 2.24) is 14.9 Å². The third-order valence-corrected chi connectivity index (χ3v) is 5.00. The normalized spacial score (nSPS) is 11.8. The van der Waals surface area contributed by atoms with Crippen LogP contribution in [0.3, 0.4) is 0 Å². The van der Waals surface area contributed by atoms with Crippen LogP contribution >= 0.6 is 11.8 Å². The first-order chi connectivity index (χ1) is 11.1. The van der Waals surface area contributed by atoms with Gasteiger partial charge in [0.2, 0.25) is 5.91 Å². The highest BCUT2D eigenvalue weighted by molar-refractivity contribution is 7.97. The van der Waals surface area contributed by atoms with E-state index in [2.05, 4.69) is 24.1 Å². The summed E-state index contributed by atoms with van der Waals surface area (Å²) in [5.41, 5.74) is 7.50. The molecule has 0 radical (unpaired) electrons. The zero-order valence-corrected chi connectivity index (χ0v) is 14.9. The molecule has 3 N–H and O–H groups in total. The van der Waals surface area contributed by atoms with E-state index in [0.29, 0.717) is 6.54 Å². The van der Waals surface area contributed by atoms with Crippen molar-refractivity contribution in [2.75, 3.05) is 12.8 Å². The molecule has 1 heterocycles. The molecular formula is C17H26N4OS. The number of fused-ring (bicyclic) bond motifs is 1. The standard InChI is InChI=1S/C17H26N4OS/c1-4-17(5-2,12-18)20-16(22)10-21-14-9-7-6-8-13(14)19-15(21)11-23-3/h6-9H,4-5,10-12,18H2,1-3H3,(H,20,22). The van der Waals surface area contributed by atoms with Crippen molar-refractivity contribution in [1.29, 1.82) is 0 Å². The van der Waals surface area contributed by atoms with Crippen LogP contribution in [0.15, 0.2) is 24.3 Å². The summed E-state index contributed by atoms with van der Waals surface area (Å²) in [7, 11) is 0. The summed E-state index contributed by atoms with van der Waals surface area (Å²) in [4.78, 5) is 17.2. The highest BCUT2D eigenvalue weighted by atomic mass is 32.2. The maximum Gasteiger partial charge on any atom is 0.240 e. The van der Waals surface area contributed by atoms with Crippen LogP contribution in [0.25, 0.3) is 11.0 Å². The fourth-order valence-electron chi connectivity index (χ4n) is 2.79. The molecule has 0 saturated carbocycles. The van der Waals surface area contributed by atoms with Gasteiger partial charge in [-0.3, -0.25) is 4.79 Å². The quantitative estimate of drug-likeness (QED) is 0.778. The van der Waals surface area contributed by atoms with E-state index in [1.54, 1.807) is 11.8 Å². The zero-order chi connectivity index (χ0) is 16.9. The Hall–Kier alpha value is -1.53. The third kappa shape index (κ3) is 3.87. The van der Waals surface area contributed by atoms with Crippen LogP contribution in [0.2, 0.25) is 0 Å². The lowest BCUT2D eigenvalue weighted by Gasteiger charge is -2.31. The van der Waals surface area contributed by atoms with Gasteiger partial charge in [-0.15, -0.1) is 0 Å². The van der Waals surface area contributed by atoms with Crippen molar-refractivity contribution >= 4 is 28.7 Å². The van der Waals surface area contributed by atoms with Crippen molar-refractivity contribution in [2.24, 2.45) is 5.73 Å². The van der Waals surface area contributed by atoms with Crippen molar-refractivity contribution < 1.29 is 4.79 Å². The summed E-state index contributed by atoms with van der Waals surface area (Å²) < 4.78 is 2.01. The minimum atomic E-state index is -0.312. The molecule has 0 bridgehead atoms. The first-order valence-electron chi connectivity index (χ1n) is 8.03. The Bertz CT molecular complexity index is 655. The lowest BCUT2D eigenvalue weighted by molar-refractivity contribution is -0.123. The molecular weight excluding hydrogens is 308 g/mol. The van der Waals surface area contributed by atoms with Gasteiger partial charge in [-0.2, -0.15) is 11.8 Å².